The van der Waals surface area contributed by atoms with Crippen LogP contribution in [0.2, 0.25) is 0 Å². The summed E-state index contributed by atoms with van der Waals surface area (Å²) in [6.45, 7) is 2.20. The number of hydrogen-bond acceptors (Lipinski definition) is 2. The van der Waals surface area contributed by atoms with E-state index in [0.29, 0.717) is 5.92 Å². The van der Waals surface area contributed by atoms with E-state index < -0.39 is 0 Å². The highest BCUT2D eigenvalue weighted by molar-refractivity contribution is 5.12. The van der Waals surface area contributed by atoms with Crippen molar-refractivity contribution in [1.82, 2.24) is 0 Å². The van der Waals surface area contributed by atoms with Gasteiger partial charge in [0, 0.05) is 0 Å². The molecule has 4 unspecified atom stereocenters. The molecule has 2 aliphatic carbocycles. The Kier molecular flexibility index (Phi) is 0.930. The van der Waals surface area contributed by atoms with Crippen molar-refractivity contribution in [3.63, 3.8) is 0 Å². The zero-order chi connectivity index (χ0) is 6.43. The first-order chi connectivity index (χ1) is 4.38. The SMILES string of the molecule is CCC1C2CC(N=O)C12. The summed E-state index contributed by atoms with van der Waals surface area (Å²) >= 11 is 0. The number of nitroso groups, excluding NO2 is 1. The molecule has 0 aliphatic heterocycles. The molecule has 2 rings (SSSR count). The lowest BCUT2D eigenvalue weighted by Crippen LogP contribution is -2.18. The molecule has 50 valence electrons. The van der Waals surface area contributed by atoms with Gasteiger partial charge in [-0.15, -0.1) is 0 Å². The normalized spacial score (nSPS) is 53.4. The van der Waals surface area contributed by atoms with Gasteiger partial charge in [-0.1, -0.05) is 18.5 Å². The summed E-state index contributed by atoms with van der Waals surface area (Å²) < 4.78 is 0. The second kappa shape index (κ2) is 1.55. The predicted molar refractivity (Wildman–Crippen MR) is 35.0 cm³/mol. The van der Waals surface area contributed by atoms with Crippen LogP contribution in [0, 0.1) is 22.7 Å². The van der Waals surface area contributed by atoms with Crippen LogP contribution in [0.4, 0.5) is 0 Å². The molecule has 0 aromatic carbocycles. The highest BCUT2D eigenvalue weighted by atomic mass is 16.3. The molecule has 0 heterocycles. The van der Waals surface area contributed by atoms with Gasteiger partial charge in [0.05, 0.1) is 6.04 Å². The highest BCUT2D eigenvalue weighted by Gasteiger charge is 2.62. The van der Waals surface area contributed by atoms with Crippen LogP contribution < -0.4 is 0 Å². The molecular formula is C7H11NO. The van der Waals surface area contributed by atoms with Gasteiger partial charge in [-0.05, 0) is 24.2 Å². The van der Waals surface area contributed by atoms with Crippen molar-refractivity contribution < 1.29 is 0 Å². The smallest absolute Gasteiger partial charge is 0.0956 e. The van der Waals surface area contributed by atoms with Crippen LogP contribution in [0.25, 0.3) is 0 Å². The Morgan fingerprint density at radius 2 is 2.44 bits per heavy atom. The second-order valence-corrected chi connectivity index (χ2v) is 3.22. The fraction of sp³-hybridized carbons (Fsp3) is 1.00. The monoisotopic (exact) mass is 125 g/mol. The Labute approximate surface area is 54.6 Å². The third-order valence-corrected chi connectivity index (χ3v) is 2.96. The zero-order valence-electron chi connectivity index (χ0n) is 5.58. The summed E-state index contributed by atoms with van der Waals surface area (Å²) in [5.74, 6) is 2.48. The minimum absolute atomic E-state index is 0.208. The summed E-state index contributed by atoms with van der Waals surface area (Å²) in [4.78, 5) is 10.0. The van der Waals surface area contributed by atoms with Crippen molar-refractivity contribution in [2.45, 2.75) is 25.8 Å². The van der Waals surface area contributed by atoms with Gasteiger partial charge in [0.1, 0.15) is 0 Å². The zero-order valence-corrected chi connectivity index (χ0v) is 5.58. The number of hydrogen-bond donors (Lipinski definition) is 0. The van der Waals surface area contributed by atoms with Crippen LogP contribution in [0.5, 0.6) is 0 Å². The molecule has 2 nitrogen and oxygen atoms in total. The van der Waals surface area contributed by atoms with Crippen molar-refractivity contribution in [2.75, 3.05) is 0 Å². The van der Waals surface area contributed by atoms with Crippen LogP contribution in [0.1, 0.15) is 19.8 Å². The largest absolute Gasteiger partial charge is 0.151 e. The summed E-state index contributed by atoms with van der Waals surface area (Å²) in [7, 11) is 0. The maximum Gasteiger partial charge on any atom is 0.0956 e. The molecule has 0 radical (unpaired) electrons. The van der Waals surface area contributed by atoms with E-state index in [9.17, 15) is 4.91 Å². The highest BCUT2D eigenvalue weighted by Crippen LogP contribution is 2.63. The van der Waals surface area contributed by atoms with Crippen molar-refractivity contribution in [3.05, 3.63) is 4.91 Å². The van der Waals surface area contributed by atoms with E-state index in [1.165, 1.54) is 6.42 Å². The fourth-order valence-corrected chi connectivity index (χ4v) is 2.31. The first-order valence-corrected chi connectivity index (χ1v) is 3.71. The molecule has 4 atom stereocenters. The lowest BCUT2D eigenvalue weighted by Gasteiger charge is -2.14. The molecule has 2 heteroatoms. The quantitative estimate of drug-likeness (QED) is 0.517. The fourth-order valence-electron chi connectivity index (χ4n) is 2.31. The Bertz CT molecular complexity index is 146. The first kappa shape index (κ1) is 5.39. The van der Waals surface area contributed by atoms with Crippen molar-refractivity contribution in [2.24, 2.45) is 22.9 Å². The summed E-state index contributed by atoms with van der Waals surface area (Å²) in [5, 5.41) is 3.06. The molecule has 0 bridgehead atoms. The lowest BCUT2D eigenvalue weighted by atomic mass is 9.94. The van der Waals surface area contributed by atoms with E-state index in [2.05, 4.69) is 12.1 Å². The Hall–Kier alpha value is -0.400. The topological polar surface area (TPSA) is 29.4 Å². The van der Waals surface area contributed by atoms with E-state index >= 15 is 0 Å². The maximum atomic E-state index is 10.0. The van der Waals surface area contributed by atoms with Gasteiger partial charge in [0.25, 0.3) is 0 Å². The van der Waals surface area contributed by atoms with Crippen molar-refractivity contribution in [1.29, 1.82) is 0 Å². The first-order valence-electron chi connectivity index (χ1n) is 3.71. The van der Waals surface area contributed by atoms with Crippen molar-refractivity contribution >= 4 is 0 Å². The molecule has 0 saturated heterocycles. The van der Waals surface area contributed by atoms with Gasteiger partial charge >= 0.3 is 0 Å². The van der Waals surface area contributed by atoms with Crippen LogP contribution in [0.15, 0.2) is 5.18 Å². The summed E-state index contributed by atoms with van der Waals surface area (Å²) in [5.41, 5.74) is 0. The van der Waals surface area contributed by atoms with Gasteiger partial charge in [-0.3, -0.25) is 0 Å². The van der Waals surface area contributed by atoms with E-state index in [0.717, 1.165) is 18.3 Å². The number of rotatable bonds is 2. The Balaban J connectivity index is 1.93. The second-order valence-electron chi connectivity index (χ2n) is 3.22. The molecule has 0 amide bonds. The van der Waals surface area contributed by atoms with E-state index in [1.54, 1.807) is 0 Å². The number of nitrogens with zero attached hydrogens (tertiary/aromatic N) is 1. The molecule has 0 N–H and O–H groups in total. The molecule has 2 saturated carbocycles. The molecular weight excluding hydrogens is 114 g/mol. The van der Waals surface area contributed by atoms with Gasteiger partial charge in [-0.2, -0.15) is 4.91 Å². The average Bonchev–Trinajstić information content (AvgIpc) is 2.38. The van der Waals surface area contributed by atoms with Crippen LogP contribution in [-0.2, 0) is 0 Å². The van der Waals surface area contributed by atoms with Gasteiger partial charge in [-0.25, -0.2) is 0 Å². The van der Waals surface area contributed by atoms with Crippen molar-refractivity contribution in [3.8, 4) is 0 Å². The molecule has 9 heavy (non-hydrogen) atoms. The molecule has 2 aliphatic rings. The molecule has 0 aromatic rings. The Morgan fingerprint density at radius 3 is 2.78 bits per heavy atom. The van der Waals surface area contributed by atoms with Crippen LogP contribution in [-0.4, -0.2) is 6.04 Å². The van der Waals surface area contributed by atoms with E-state index in [4.69, 9.17) is 0 Å². The standard InChI is InChI=1S/C7H11NO/c1-2-4-5-3-6(8-9)7(4)5/h4-7H,2-3H2,1H3. The van der Waals surface area contributed by atoms with Gasteiger partial charge < -0.3 is 0 Å². The third kappa shape index (κ3) is 0.511. The lowest BCUT2D eigenvalue weighted by molar-refractivity contribution is 0.387. The minimum atomic E-state index is 0.208. The minimum Gasteiger partial charge on any atom is -0.151 e. The molecule has 2 fully saturated rings. The predicted octanol–water partition coefficient (Wildman–Crippen LogP) is 1.80. The maximum absolute atomic E-state index is 10.0. The number of fused-ring (bicyclic) bond motifs is 1. The third-order valence-electron chi connectivity index (χ3n) is 2.96. The summed E-state index contributed by atoms with van der Waals surface area (Å²) in [6.07, 6.45) is 2.34. The van der Waals surface area contributed by atoms with Crippen LogP contribution in [0.3, 0.4) is 0 Å². The average molecular weight is 125 g/mol. The van der Waals surface area contributed by atoms with Crippen LogP contribution >= 0.6 is 0 Å². The molecule has 0 aromatic heterocycles. The van der Waals surface area contributed by atoms with E-state index in [-0.39, 0.29) is 6.04 Å². The van der Waals surface area contributed by atoms with Gasteiger partial charge in [0.15, 0.2) is 0 Å². The molecule has 0 spiro atoms. The Morgan fingerprint density at radius 1 is 1.67 bits per heavy atom. The summed E-state index contributed by atoms with van der Waals surface area (Å²) in [6, 6.07) is 0.208. The van der Waals surface area contributed by atoms with E-state index in [1.807, 2.05) is 0 Å². The van der Waals surface area contributed by atoms with Gasteiger partial charge in [0.2, 0.25) is 0 Å².